The molecule has 0 spiro atoms. The third-order valence-corrected chi connectivity index (χ3v) is 9.76. The lowest BCUT2D eigenvalue weighted by atomic mass is 9.68. The molecule has 2 saturated heterocycles. The van der Waals surface area contributed by atoms with Crippen LogP contribution < -0.4 is 10.5 Å². The second kappa shape index (κ2) is 14.9. The average molecular weight is 669 g/mol. The number of alkyl halides is 3. The summed E-state index contributed by atoms with van der Waals surface area (Å²) in [5, 5.41) is 8.07. The highest BCUT2D eigenvalue weighted by atomic mass is 35.5. The molecule has 6 rings (SSSR count). The number of carboxylic acid groups (broad SMARTS) is 1. The number of anilines is 1. The van der Waals surface area contributed by atoms with Gasteiger partial charge in [-0.3, -0.25) is 9.59 Å². The fourth-order valence-corrected chi connectivity index (χ4v) is 7.37. The minimum atomic E-state index is -4.58. The molecule has 0 amide bonds. The fourth-order valence-electron chi connectivity index (χ4n) is 5.73. The smallest absolute Gasteiger partial charge is 0.451 e. The van der Waals surface area contributed by atoms with Gasteiger partial charge in [-0.05, 0) is 49.1 Å². The zero-order valence-corrected chi connectivity index (χ0v) is 27.9. The largest absolute Gasteiger partial charge is 0.483 e. The van der Waals surface area contributed by atoms with E-state index in [9.17, 15) is 18.0 Å². The molecule has 5 heterocycles. The maximum Gasteiger partial charge on any atom is 0.451 e. The molecule has 2 atom stereocenters. The molecule has 0 radical (unpaired) electrons. The van der Waals surface area contributed by atoms with Crippen molar-refractivity contribution in [3.05, 3.63) is 63.3 Å². The molecule has 1 aromatic carbocycles. The third kappa shape index (κ3) is 8.32. The second-order valence-corrected chi connectivity index (χ2v) is 13.7. The van der Waals surface area contributed by atoms with E-state index in [0.717, 1.165) is 30.6 Å². The molecule has 4 aromatic rings. The van der Waals surface area contributed by atoms with Gasteiger partial charge in [0.2, 0.25) is 5.82 Å². The fraction of sp³-hybridized carbons (Fsp3) is 0.500. The van der Waals surface area contributed by atoms with Crippen molar-refractivity contribution in [1.82, 2.24) is 15.0 Å². The van der Waals surface area contributed by atoms with Crippen molar-refractivity contribution in [2.75, 3.05) is 23.7 Å². The topological polar surface area (TPSA) is 112 Å². The molecule has 8 nitrogen and oxygen atoms in total. The first kappa shape index (κ1) is 36.2. The Labute approximate surface area is 269 Å². The minimum absolute atomic E-state index is 0.00329. The zero-order chi connectivity index (χ0) is 33.6. The van der Waals surface area contributed by atoms with Crippen molar-refractivity contribution < 1.29 is 27.5 Å². The number of rotatable bonds is 2. The monoisotopic (exact) mass is 668 g/mol. The van der Waals surface area contributed by atoms with Crippen LogP contribution in [0.2, 0.25) is 5.02 Å². The van der Waals surface area contributed by atoms with Crippen LogP contribution in [0.3, 0.4) is 0 Å². The van der Waals surface area contributed by atoms with E-state index >= 15 is 0 Å². The van der Waals surface area contributed by atoms with Gasteiger partial charge in [0.05, 0.1) is 5.02 Å². The molecule has 0 saturated carbocycles. The van der Waals surface area contributed by atoms with Crippen LogP contribution >= 0.6 is 23.4 Å². The summed E-state index contributed by atoms with van der Waals surface area (Å²) in [5.74, 6) is 0.671. The van der Waals surface area contributed by atoms with Crippen LogP contribution in [0.15, 0.2) is 45.7 Å². The summed E-state index contributed by atoms with van der Waals surface area (Å²) in [5.41, 5.74) is 1.79. The molecule has 45 heavy (non-hydrogen) atoms. The van der Waals surface area contributed by atoms with Crippen molar-refractivity contribution in [2.24, 2.45) is 5.92 Å². The van der Waals surface area contributed by atoms with E-state index in [4.69, 9.17) is 25.9 Å². The highest BCUT2D eigenvalue weighted by Crippen LogP contribution is 2.49. The summed E-state index contributed by atoms with van der Waals surface area (Å²) < 4.78 is 45.3. The van der Waals surface area contributed by atoms with Gasteiger partial charge in [0.1, 0.15) is 11.1 Å². The Hall–Kier alpha value is -3.25. The Morgan fingerprint density at radius 1 is 1.16 bits per heavy atom. The minimum Gasteiger partial charge on any atom is -0.483 e. The number of aromatic amines is 1. The highest BCUT2D eigenvalue weighted by molar-refractivity contribution is 8.00. The summed E-state index contributed by atoms with van der Waals surface area (Å²) in [4.78, 5) is 32.5. The Kier molecular flexibility index (Phi) is 12.0. The lowest BCUT2D eigenvalue weighted by Crippen LogP contribution is -2.45. The maximum atomic E-state index is 13.1. The SMILES string of the molecule is CC.C[C@H]1CSC(C)(C)C[C@]1(C)c1cc(Cl)c[nH]c1=O.FC(F)(F)c1nc(N2CCCC2)c2oc3ccccc3c2n1.O=CO. The number of thioether (sulfide) groups is 1. The molecule has 246 valence electrons. The Morgan fingerprint density at radius 3 is 2.40 bits per heavy atom. The molecule has 0 aliphatic carbocycles. The van der Waals surface area contributed by atoms with Gasteiger partial charge in [0.25, 0.3) is 12.0 Å². The van der Waals surface area contributed by atoms with Gasteiger partial charge < -0.3 is 19.4 Å². The van der Waals surface area contributed by atoms with Gasteiger partial charge in [-0.2, -0.15) is 24.9 Å². The Bertz CT molecular complexity index is 1650. The van der Waals surface area contributed by atoms with E-state index in [1.54, 1.807) is 30.5 Å². The molecule has 0 unspecified atom stereocenters. The van der Waals surface area contributed by atoms with Gasteiger partial charge in [-0.1, -0.05) is 65.3 Å². The molecule has 2 aliphatic rings. The molecule has 3 aromatic heterocycles. The van der Waals surface area contributed by atoms with Gasteiger partial charge in [-0.25, -0.2) is 9.97 Å². The maximum absolute atomic E-state index is 13.1. The number of pyridine rings is 1. The average Bonchev–Trinajstić information content (AvgIpc) is 3.66. The number of hydrogen-bond acceptors (Lipinski definition) is 7. The number of nitrogens with one attached hydrogen (secondary N) is 1. The quantitative estimate of drug-likeness (QED) is 0.204. The van der Waals surface area contributed by atoms with E-state index in [-0.39, 0.29) is 33.5 Å². The van der Waals surface area contributed by atoms with Crippen LogP contribution in [0.1, 0.15) is 72.2 Å². The molecule has 13 heteroatoms. The Balaban J connectivity index is 0.000000219. The van der Waals surface area contributed by atoms with Crippen molar-refractivity contribution in [3.63, 3.8) is 0 Å². The van der Waals surface area contributed by atoms with Crippen LogP contribution in [-0.2, 0) is 16.4 Å². The summed E-state index contributed by atoms with van der Waals surface area (Å²) >= 11 is 8.03. The summed E-state index contributed by atoms with van der Waals surface area (Å²) in [6.45, 7) is 14.0. The van der Waals surface area contributed by atoms with Crippen LogP contribution in [0, 0.1) is 5.92 Å². The number of benzene rings is 1. The first-order chi connectivity index (χ1) is 21.2. The first-order valence-electron chi connectivity index (χ1n) is 14.8. The van der Waals surface area contributed by atoms with Crippen molar-refractivity contribution >= 4 is 57.7 Å². The molecular formula is C32H40ClF3N4O4S. The number of para-hydroxylation sites is 1. The number of aromatic nitrogens is 3. The third-order valence-electron chi connectivity index (χ3n) is 7.95. The number of nitrogens with zero attached hydrogens (tertiary/aromatic N) is 3. The van der Waals surface area contributed by atoms with Crippen LogP contribution in [0.4, 0.5) is 19.0 Å². The molecule has 2 N–H and O–H groups in total. The van der Waals surface area contributed by atoms with Gasteiger partial charge in [0.15, 0.2) is 11.4 Å². The van der Waals surface area contributed by atoms with E-state index in [2.05, 4.69) is 42.6 Å². The summed E-state index contributed by atoms with van der Waals surface area (Å²) in [6, 6.07) is 8.80. The number of hydrogen-bond donors (Lipinski definition) is 2. The number of H-pyrrole nitrogens is 1. The molecular weight excluding hydrogens is 629 g/mol. The van der Waals surface area contributed by atoms with Gasteiger partial charge in [-0.15, -0.1) is 0 Å². The zero-order valence-electron chi connectivity index (χ0n) is 26.3. The number of fused-ring (bicyclic) bond motifs is 3. The highest BCUT2D eigenvalue weighted by Gasteiger charge is 2.44. The van der Waals surface area contributed by atoms with Gasteiger partial charge in [0, 0.05) is 40.4 Å². The van der Waals surface area contributed by atoms with E-state index in [0.29, 0.717) is 40.6 Å². The number of halogens is 4. The summed E-state index contributed by atoms with van der Waals surface area (Å²) in [6.07, 6.45) is -0.152. The standard InChI is InChI=1S/C15H12F3N3O.C14H20ClNOS.C2H6.CH2O2/c16-15(17,18)14-19-11-9-5-1-2-6-10(9)22-12(11)13(20-14)21-7-3-4-8-21;1-9-7-18-13(2,3)8-14(9,4)11-5-10(15)6-16-12(11)17;1-2;2-1-3/h1-2,5-6H,3-4,7-8H2;5-6,9H,7-8H2,1-4H3,(H,16,17);1-2H3;1H,(H,2,3)/t;9-,14-;;/m.0../s1. The normalized spacial score (nSPS) is 20.8. The predicted octanol–water partition coefficient (Wildman–Crippen LogP) is 8.56. The van der Waals surface area contributed by atoms with E-state index in [1.165, 1.54) is 0 Å². The summed E-state index contributed by atoms with van der Waals surface area (Å²) in [7, 11) is 0. The molecule has 2 fully saturated rings. The first-order valence-corrected chi connectivity index (χ1v) is 16.2. The predicted molar refractivity (Wildman–Crippen MR) is 176 cm³/mol. The molecule has 0 bridgehead atoms. The van der Waals surface area contributed by atoms with Crippen LogP contribution in [0.25, 0.3) is 22.1 Å². The van der Waals surface area contributed by atoms with Crippen LogP contribution in [0.5, 0.6) is 0 Å². The van der Waals surface area contributed by atoms with Crippen LogP contribution in [-0.4, -0.2) is 50.1 Å². The molecule has 2 aliphatic heterocycles. The lowest BCUT2D eigenvalue weighted by molar-refractivity contribution is -0.144. The van der Waals surface area contributed by atoms with Crippen molar-refractivity contribution in [2.45, 2.75) is 77.1 Å². The van der Waals surface area contributed by atoms with E-state index < -0.39 is 12.0 Å². The van der Waals surface area contributed by atoms with E-state index in [1.807, 2.05) is 36.6 Å². The van der Waals surface area contributed by atoms with Gasteiger partial charge >= 0.3 is 6.18 Å². The van der Waals surface area contributed by atoms with Crippen molar-refractivity contribution in [3.8, 4) is 0 Å². The number of carbonyl (C=O) groups is 1. The lowest BCUT2D eigenvalue weighted by Gasteiger charge is -2.46. The number of furan rings is 1. The second-order valence-electron chi connectivity index (χ2n) is 11.6. The van der Waals surface area contributed by atoms with Crippen molar-refractivity contribution in [1.29, 1.82) is 0 Å². The Morgan fingerprint density at radius 2 is 1.78 bits per heavy atom.